The lowest BCUT2D eigenvalue weighted by Gasteiger charge is -2.22. The van der Waals surface area contributed by atoms with Crippen molar-refractivity contribution in [2.45, 2.75) is 34.0 Å². The van der Waals surface area contributed by atoms with Crippen molar-refractivity contribution in [2.24, 2.45) is 5.92 Å². The maximum atomic E-state index is 5.55. The largest absolute Gasteiger partial charge is 0.348 e. The van der Waals surface area contributed by atoms with E-state index < -0.39 is 0 Å². The Labute approximate surface area is 87.6 Å². The molecule has 0 aliphatic rings. The average Bonchev–Trinajstić information content (AvgIpc) is 2.02. The zero-order valence-corrected chi connectivity index (χ0v) is 9.80. The van der Waals surface area contributed by atoms with Crippen molar-refractivity contribution in [3.05, 3.63) is 24.3 Å². The van der Waals surface area contributed by atoms with Crippen molar-refractivity contribution in [3.63, 3.8) is 0 Å². The number of rotatable bonds is 7. The minimum absolute atomic E-state index is 0.164. The van der Waals surface area contributed by atoms with Crippen molar-refractivity contribution in [3.8, 4) is 0 Å². The third kappa shape index (κ3) is 6.87. The highest BCUT2D eigenvalue weighted by Crippen LogP contribution is 2.10. The number of hydrogen-bond donors (Lipinski definition) is 0. The van der Waals surface area contributed by atoms with Crippen LogP contribution in [-0.4, -0.2) is 19.5 Å². The molecule has 2 nitrogen and oxygen atoms in total. The van der Waals surface area contributed by atoms with E-state index in [1.165, 1.54) is 0 Å². The van der Waals surface area contributed by atoms with Crippen LogP contribution in [0, 0.1) is 5.92 Å². The van der Waals surface area contributed by atoms with Crippen molar-refractivity contribution < 1.29 is 9.47 Å². The minimum atomic E-state index is -0.164. The van der Waals surface area contributed by atoms with E-state index in [4.69, 9.17) is 9.47 Å². The molecule has 0 heterocycles. The Hall–Kier alpha value is -0.600. The van der Waals surface area contributed by atoms with Gasteiger partial charge in [-0.25, -0.2) is 0 Å². The second kappa shape index (κ2) is 6.80. The van der Waals surface area contributed by atoms with E-state index in [2.05, 4.69) is 27.0 Å². The summed E-state index contributed by atoms with van der Waals surface area (Å²) in [6.45, 7) is 16.7. The van der Waals surface area contributed by atoms with E-state index >= 15 is 0 Å². The van der Waals surface area contributed by atoms with E-state index in [0.717, 1.165) is 11.1 Å². The van der Waals surface area contributed by atoms with Gasteiger partial charge >= 0.3 is 0 Å². The van der Waals surface area contributed by atoms with Gasteiger partial charge in [0.25, 0.3) is 0 Å². The second-order valence-electron chi connectivity index (χ2n) is 4.15. The van der Waals surface area contributed by atoms with E-state index in [1.807, 2.05) is 13.8 Å². The van der Waals surface area contributed by atoms with Crippen LogP contribution in [0.3, 0.4) is 0 Å². The molecule has 0 N–H and O–H groups in total. The highest BCUT2D eigenvalue weighted by atomic mass is 16.7. The molecule has 0 fully saturated rings. The Balaban J connectivity index is 3.89. The summed E-state index contributed by atoms with van der Waals surface area (Å²) in [6, 6.07) is 0. The lowest BCUT2D eigenvalue weighted by atomic mass is 10.2. The monoisotopic (exact) mass is 198 g/mol. The lowest BCUT2D eigenvalue weighted by Crippen LogP contribution is -2.25. The zero-order valence-electron chi connectivity index (χ0n) is 9.80. The maximum Gasteiger partial charge on any atom is 0.160 e. The van der Waals surface area contributed by atoms with Crippen LogP contribution in [0.5, 0.6) is 0 Å². The second-order valence-corrected chi connectivity index (χ2v) is 4.15. The van der Waals surface area contributed by atoms with Crippen LogP contribution in [0.2, 0.25) is 0 Å². The molecule has 14 heavy (non-hydrogen) atoms. The summed E-state index contributed by atoms with van der Waals surface area (Å²) in [5.74, 6) is 0.341. The normalized spacial score (nSPS) is 11.0. The van der Waals surface area contributed by atoms with Gasteiger partial charge in [-0.3, -0.25) is 0 Å². The molecule has 0 atom stereocenters. The van der Waals surface area contributed by atoms with Gasteiger partial charge in [0.1, 0.15) is 0 Å². The third-order valence-corrected chi connectivity index (χ3v) is 1.53. The molecule has 0 bridgehead atoms. The molecule has 0 saturated carbocycles. The predicted molar refractivity (Wildman–Crippen MR) is 60.2 cm³/mol. The van der Waals surface area contributed by atoms with Crippen molar-refractivity contribution in [1.29, 1.82) is 0 Å². The summed E-state index contributed by atoms with van der Waals surface area (Å²) in [4.78, 5) is 0. The highest BCUT2D eigenvalue weighted by molar-refractivity contribution is 4.89. The molecule has 2 heteroatoms. The Morgan fingerprint density at radius 3 is 1.57 bits per heavy atom. The Kier molecular flexibility index (Phi) is 6.50. The average molecular weight is 198 g/mol. The van der Waals surface area contributed by atoms with Gasteiger partial charge in [0, 0.05) is 5.92 Å². The summed E-state index contributed by atoms with van der Waals surface area (Å²) >= 11 is 0. The van der Waals surface area contributed by atoms with Gasteiger partial charge in [-0.1, -0.05) is 38.2 Å². The molecular formula is C12H22O2. The molecule has 0 radical (unpaired) electrons. The predicted octanol–water partition coefficient (Wildman–Crippen LogP) is 3.15. The molecule has 0 rings (SSSR count). The summed E-state index contributed by atoms with van der Waals surface area (Å²) < 4.78 is 11.1. The van der Waals surface area contributed by atoms with Crippen molar-refractivity contribution in [1.82, 2.24) is 0 Å². The van der Waals surface area contributed by atoms with Gasteiger partial charge < -0.3 is 9.47 Å². The molecule has 0 amide bonds. The van der Waals surface area contributed by atoms with Crippen molar-refractivity contribution >= 4 is 0 Å². The first-order valence-corrected chi connectivity index (χ1v) is 4.95. The van der Waals surface area contributed by atoms with Gasteiger partial charge in [-0.05, 0) is 13.8 Å². The third-order valence-electron chi connectivity index (χ3n) is 1.53. The smallest absolute Gasteiger partial charge is 0.160 e. The fourth-order valence-corrected chi connectivity index (χ4v) is 0.882. The SMILES string of the molecule is C=C(C)COC(OCC(=C)C)C(C)C. The fraction of sp³-hybridized carbons (Fsp3) is 0.667. The topological polar surface area (TPSA) is 18.5 Å². The van der Waals surface area contributed by atoms with Crippen LogP contribution in [0.25, 0.3) is 0 Å². The van der Waals surface area contributed by atoms with Gasteiger partial charge in [-0.15, -0.1) is 0 Å². The van der Waals surface area contributed by atoms with E-state index in [-0.39, 0.29) is 6.29 Å². The van der Waals surface area contributed by atoms with Crippen LogP contribution in [-0.2, 0) is 9.47 Å². The first-order valence-electron chi connectivity index (χ1n) is 4.95. The Morgan fingerprint density at radius 2 is 1.36 bits per heavy atom. The highest BCUT2D eigenvalue weighted by Gasteiger charge is 2.13. The minimum Gasteiger partial charge on any atom is -0.348 e. The zero-order chi connectivity index (χ0) is 11.1. The molecule has 0 aromatic carbocycles. The molecule has 0 saturated heterocycles. The van der Waals surface area contributed by atoms with Gasteiger partial charge in [-0.2, -0.15) is 0 Å². The quantitative estimate of drug-likeness (QED) is 0.462. The standard InChI is InChI=1S/C12H22O2/c1-9(2)7-13-12(11(5)6)14-8-10(3)4/h11-12H,1,3,7-8H2,2,4-6H3. The Morgan fingerprint density at radius 1 is 1.00 bits per heavy atom. The summed E-state index contributed by atoms with van der Waals surface area (Å²) in [6.07, 6.45) is -0.164. The van der Waals surface area contributed by atoms with Crippen LogP contribution in [0.1, 0.15) is 27.7 Å². The van der Waals surface area contributed by atoms with Gasteiger partial charge in [0.15, 0.2) is 6.29 Å². The molecular weight excluding hydrogens is 176 g/mol. The Bertz CT molecular complexity index is 176. The van der Waals surface area contributed by atoms with Crippen LogP contribution >= 0.6 is 0 Å². The molecule has 0 aromatic rings. The first-order chi connectivity index (χ1) is 6.43. The molecule has 0 spiro atoms. The van der Waals surface area contributed by atoms with Crippen molar-refractivity contribution in [2.75, 3.05) is 13.2 Å². The van der Waals surface area contributed by atoms with E-state index in [1.54, 1.807) is 0 Å². The summed E-state index contributed by atoms with van der Waals surface area (Å²) in [7, 11) is 0. The number of hydrogen-bond acceptors (Lipinski definition) is 2. The molecule has 0 unspecified atom stereocenters. The summed E-state index contributed by atoms with van der Waals surface area (Å²) in [5, 5.41) is 0. The van der Waals surface area contributed by atoms with E-state index in [9.17, 15) is 0 Å². The maximum absolute atomic E-state index is 5.55. The van der Waals surface area contributed by atoms with Crippen LogP contribution in [0.4, 0.5) is 0 Å². The van der Waals surface area contributed by atoms with E-state index in [0.29, 0.717) is 19.1 Å². The number of ether oxygens (including phenoxy) is 2. The summed E-state index contributed by atoms with van der Waals surface area (Å²) in [5.41, 5.74) is 2.02. The molecule has 0 aromatic heterocycles. The van der Waals surface area contributed by atoms with Crippen LogP contribution < -0.4 is 0 Å². The van der Waals surface area contributed by atoms with Gasteiger partial charge in [0.05, 0.1) is 13.2 Å². The van der Waals surface area contributed by atoms with Crippen LogP contribution in [0.15, 0.2) is 24.3 Å². The fourth-order valence-electron chi connectivity index (χ4n) is 0.882. The first kappa shape index (κ1) is 13.4. The lowest BCUT2D eigenvalue weighted by molar-refractivity contribution is -0.154. The molecule has 0 aliphatic heterocycles. The molecule has 82 valence electrons. The van der Waals surface area contributed by atoms with Gasteiger partial charge in [0.2, 0.25) is 0 Å². The molecule has 0 aliphatic carbocycles.